The number of anilines is 4. The lowest BCUT2D eigenvalue weighted by atomic mass is 10.1. The van der Waals surface area contributed by atoms with Crippen LogP contribution in [0.5, 0.6) is 0 Å². The number of carbonyl (C=O) groups excluding carboxylic acids is 2. The molecule has 0 bridgehead atoms. The number of hydrogen-bond acceptors (Lipinski definition) is 6. The number of quaternary nitrogens is 2. The Kier molecular flexibility index (Phi) is 13.3. The van der Waals surface area contributed by atoms with Gasteiger partial charge in [-0.3, -0.25) is 9.59 Å². The molecule has 0 saturated carbocycles. The summed E-state index contributed by atoms with van der Waals surface area (Å²) in [5.41, 5.74) is 5.19. The fourth-order valence-electron chi connectivity index (χ4n) is 5.24. The summed E-state index contributed by atoms with van der Waals surface area (Å²) in [5, 5.41) is 30.7. The zero-order chi connectivity index (χ0) is 34.1. The van der Waals surface area contributed by atoms with E-state index in [9.17, 15) is 20.0 Å². The van der Waals surface area contributed by atoms with Crippen molar-refractivity contribution < 1.29 is 18.9 Å². The van der Waals surface area contributed by atoms with Crippen molar-refractivity contribution in [3.63, 3.8) is 0 Å². The Morgan fingerprint density at radius 1 is 0.652 bits per heavy atom. The molecule has 0 spiro atoms. The van der Waals surface area contributed by atoms with Crippen LogP contribution in [0, 0.1) is 10.4 Å². The van der Waals surface area contributed by atoms with Gasteiger partial charge in [0.1, 0.15) is 13.1 Å². The molecule has 0 fully saturated rings. The van der Waals surface area contributed by atoms with Crippen molar-refractivity contribution >= 4 is 57.8 Å². The van der Waals surface area contributed by atoms with Gasteiger partial charge >= 0.3 is 0 Å². The first-order chi connectivity index (χ1) is 21.6. The summed E-state index contributed by atoms with van der Waals surface area (Å²) in [6.07, 6.45) is 0. The van der Waals surface area contributed by atoms with Crippen molar-refractivity contribution in [3.8, 4) is 0 Å². The predicted octanol–water partition coefficient (Wildman–Crippen LogP) is 6.47. The summed E-state index contributed by atoms with van der Waals surface area (Å²) >= 11 is 12.0. The molecule has 2 amide bonds. The standard InChI is InChI=1S/C34H46Cl2N6O4/c1-7-39(15-13-35)31-19-25(23-41(3,4)45)17-29(21-31)37-33(43)27-9-11-28(12-10-27)34(44)38-30-18-26(24-42(5,6)46)20-32(22-30)40(8-2)16-14-36/h9-12,17-22H,7-8,13-16,23-24H2,1-6H3,(H,37,43)(H,38,44). The van der Waals surface area contributed by atoms with Gasteiger partial charge in [-0.2, -0.15) is 0 Å². The van der Waals surface area contributed by atoms with Gasteiger partial charge < -0.3 is 40.1 Å². The van der Waals surface area contributed by atoms with Gasteiger partial charge in [-0.1, -0.05) is 0 Å². The third-order valence-corrected chi connectivity index (χ3v) is 7.55. The van der Waals surface area contributed by atoms with Crippen LogP contribution < -0.4 is 20.4 Å². The van der Waals surface area contributed by atoms with E-state index in [4.69, 9.17) is 23.2 Å². The minimum atomic E-state index is -0.506. The monoisotopic (exact) mass is 672 g/mol. The van der Waals surface area contributed by atoms with E-state index in [1.807, 2.05) is 38.1 Å². The maximum atomic E-state index is 13.2. The molecule has 250 valence electrons. The van der Waals surface area contributed by atoms with Crippen molar-refractivity contribution in [1.29, 1.82) is 0 Å². The average Bonchev–Trinajstić information content (AvgIpc) is 2.96. The number of hydroxylamine groups is 6. The van der Waals surface area contributed by atoms with E-state index in [-0.39, 0.29) is 24.9 Å². The Hall–Kier alpha value is -3.38. The summed E-state index contributed by atoms with van der Waals surface area (Å²) in [7, 11) is 6.29. The minimum Gasteiger partial charge on any atom is -0.633 e. The average molecular weight is 674 g/mol. The second-order valence-corrected chi connectivity index (χ2v) is 13.0. The van der Waals surface area contributed by atoms with Crippen LogP contribution >= 0.6 is 23.2 Å². The zero-order valence-electron chi connectivity index (χ0n) is 27.6. The number of nitrogens with zero attached hydrogens (tertiary/aromatic N) is 4. The van der Waals surface area contributed by atoms with Crippen LogP contribution in [0.2, 0.25) is 0 Å². The predicted molar refractivity (Wildman–Crippen MR) is 191 cm³/mol. The molecule has 3 aromatic carbocycles. The number of alkyl halides is 2. The van der Waals surface area contributed by atoms with Crippen LogP contribution in [0.1, 0.15) is 45.7 Å². The molecule has 2 N–H and O–H groups in total. The fraction of sp³-hybridized carbons (Fsp3) is 0.412. The van der Waals surface area contributed by atoms with Gasteiger partial charge in [0.15, 0.2) is 0 Å². The topological polar surface area (TPSA) is 111 Å². The largest absolute Gasteiger partial charge is 0.633 e. The SMILES string of the molecule is CCN(CCCl)c1cc(C[N+](C)(C)[O-])cc(NC(=O)c2ccc(C(=O)Nc3cc(C[N+](C)(C)[O-])cc(N(CC)CCCl)c3)cc2)c1. The van der Waals surface area contributed by atoms with Gasteiger partial charge in [-0.25, -0.2) is 0 Å². The Labute approximate surface area is 282 Å². The Morgan fingerprint density at radius 2 is 1.00 bits per heavy atom. The Balaban J connectivity index is 1.81. The number of carbonyl (C=O) groups is 2. The van der Waals surface area contributed by atoms with Crippen molar-refractivity contribution in [2.45, 2.75) is 26.9 Å². The molecular formula is C34H46Cl2N6O4. The number of halogens is 2. The number of benzene rings is 3. The second-order valence-electron chi connectivity index (χ2n) is 12.3. The minimum absolute atomic E-state index is 0.236. The van der Waals surface area contributed by atoms with Crippen molar-refractivity contribution in [2.75, 3.05) is 86.6 Å². The van der Waals surface area contributed by atoms with Gasteiger partial charge in [0, 0.05) is 82.9 Å². The smallest absolute Gasteiger partial charge is 0.255 e. The van der Waals surface area contributed by atoms with E-state index in [1.165, 1.54) is 0 Å². The highest BCUT2D eigenvalue weighted by molar-refractivity contribution is 6.18. The molecule has 0 aliphatic carbocycles. The Morgan fingerprint density at radius 3 is 1.28 bits per heavy atom. The maximum absolute atomic E-state index is 13.2. The van der Waals surface area contributed by atoms with Crippen molar-refractivity contribution in [1.82, 2.24) is 0 Å². The Bertz CT molecular complexity index is 1360. The summed E-state index contributed by atoms with van der Waals surface area (Å²) in [6, 6.07) is 17.6. The molecule has 46 heavy (non-hydrogen) atoms. The molecule has 10 nitrogen and oxygen atoms in total. The van der Waals surface area contributed by atoms with Crippen LogP contribution in [0.4, 0.5) is 22.7 Å². The fourth-order valence-corrected chi connectivity index (χ4v) is 5.65. The van der Waals surface area contributed by atoms with E-state index < -0.39 is 9.29 Å². The quantitative estimate of drug-likeness (QED) is 0.103. The van der Waals surface area contributed by atoms with E-state index in [2.05, 4.69) is 20.4 Å². The molecule has 0 unspecified atom stereocenters. The van der Waals surface area contributed by atoms with Gasteiger partial charge in [-0.05, 0) is 74.5 Å². The van der Waals surface area contributed by atoms with Gasteiger partial charge in [-0.15, -0.1) is 23.2 Å². The van der Waals surface area contributed by atoms with Crippen LogP contribution in [0.3, 0.4) is 0 Å². The molecule has 0 aliphatic heterocycles. The highest BCUT2D eigenvalue weighted by Gasteiger charge is 2.16. The van der Waals surface area contributed by atoms with Gasteiger partial charge in [0.2, 0.25) is 0 Å². The highest BCUT2D eigenvalue weighted by Crippen LogP contribution is 2.27. The summed E-state index contributed by atoms with van der Waals surface area (Å²) in [6.45, 7) is 7.20. The van der Waals surface area contributed by atoms with Crippen molar-refractivity contribution in [2.24, 2.45) is 0 Å². The lowest BCUT2D eigenvalue weighted by Crippen LogP contribution is -2.31. The van der Waals surface area contributed by atoms with E-state index in [0.29, 0.717) is 60.4 Å². The summed E-state index contributed by atoms with van der Waals surface area (Å²) < 4.78 is -1.01. The molecule has 0 atom stereocenters. The lowest BCUT2D eigenvalue weighted by molar-refractivity contribution is -0.853. The van der Waals surface area contributed by atoms with Crippen molar-refractivity contribution in [3.05, 3.63) is 93.3 Å². The molecule has 0 aromatic heterocycles. The molecule has 3 aromatic rings. The van der Waals surface area contributed by atoms with Crippen LogP contribution in [0.15, 0.2) is 60.7 Å². The zero-order valence-corrected chi connectivity index (χ0v) is 29.1. The normalized spacial score (nSPS) is 11.7. The number of hydrogen-bond donors (Lipinski definition) is 2. The van der Waals surface area contributed by atoms with Gasteiger partial charge in [0.25, 0.3) is 11.8 Å². The molecule has 12 heteroatoms. The molecule has 0 heterocycles. The molecule has 0 saturated heterocycles. The van der Waals surface area contributed by atoms with Crippen LogP contribution in [0.25, 0.3) is 0 Å². The molecule has 3 rings (SSSR count). The number of amides is 2. The maximum Gasteiger partial charge on any atom is 0.255 e. The van der Waals surface area contributed by atoms with Crippen LogP contribution in [-0.2, 0) is 13.1 Å². The third-order valence-electron chi connectivity index (χ3n) is 7.21. The molecular weight excluding hydrogens is 627 g/mol. The number of nitrogens with one attached hydrogen (secondary N) is 2. The molecule has 0 aliphatic rings. The highest BCUT2D eigenvalue weighted by atomic mass is 35.5. The number of rotatable bonds is 16. The first kappa shape index (κ1) is 37.1. The lowest BCUT2D eigenvalue weighted by Gasteiger charge is -2.34. The van der Waals surface area contributed by atoms with Crippen LogP contribution in [-0.4, -0.2) is 87.2 Å². The first-order valence-electron chi connectivity index (χ1n) is 15.3. The molecule has 0 radical (unpaired) electrons. The van der Waals surface area contributed by atoms with Gasteiger partial charge in [0.05, 0.1) is 28.2 Å². The van der Waals surface area contributed by atoms with E-state index >= 15 is 0 Å². The third kappa shape index (κ3) is 11.5. The first-order valence-corrected chi connectivity index (χ1v) is 16.4. The van der Waals surface area contributed by atoms with E-state index in [0.717, 1.165) is 22.5 Å². The summed E-state index contributed by atoms with van der Waals surface area (Å²) in [5.74, 6) is 0.193. The summed E-state index contributed by atoms with van der Waals surface area (Å²) in [4.78, 5) is 30.7. The van der Waals surface area contributed by atoms with E-state index in [1.54, 1.807) is 64.6 Å². The second kappa shape index (κ2) is 16.4.